The molecule has 0 fully saturated rings. The first kappa shape index (κ1) is 13.5. The van der Waals surface area contributed by atoms with Gasteiger partial charge in [0.1, 0.15) is 0 Å². The maximum atomic E-state index is 13.2. The fraction of sp³-hybridized carbons (Fsp3) is 0.214. The normalized spacial score (nSPS) is 10.2. The van der Waals surface area contributed by atoms with E-state index in [2.05, 4.69) is 5.32 Å². The molecular weight excluding hydrogens is 265 g/mol. The van der Waals surface area contributed by atoms with Crippen LogP contribution in [0.25, 0.3) is 0 Å². The Bertz CT molecular complexity index is 568. The van der Waals surface area contributed by atoms with E-state index in [0.717, 1.165) is 4.88 Å². The lowest BCUT2D eigenvalue weighted by Crippen LogP contribution is -2.28. The van der Waals surface area contributed by atoms with Crippen LogP contribution >= 0.6 is 11.3 Å². The average molecular weight is 279 g/mol. The molecule has 100 valence electrons. The van der Waals surface area contributed by atoms with Crippen molar-refractivity contribution in [1.82, 2.24) is 5.32 Å². The van der Waals surface area contributed by atoms with E-state index < -0.39 is 5.82 Å². The van der Waals surface area contributed by atoms with Gasteiger partial charge in [0.15, 0.2) is 18.2 Å². The molecule has 1 aromatic heterocycles. The first-order valence-electron chi connectivity index (χ1n) is 5.84. The standard InChI is InChI=1S/C14H14FNO2S/c1-10-6-7-11(19-10)8-16-14(17)9-18-13-5-3-2-4-12(13)15/h2-7H,8-9H2,1H3,(H,16,17). The van der Waals surface area contributed by atoms with Crippen molar-refractivity contribution in [3.63, 3.8) is 0 Å². The van der Waals surface area contributed by atoms with Crippen LogP contribution in [0.15, 0.2) is 36.4 Å². The van der Waals surface area contributed by atoms with Gasteiger partial charge in [-0.1, -0.05) is 12.1 Å². The van der Waals surface area contributed by atoms with Crippen molar-refractivity contribution in [2.24, 2.45) is 0 Å². The summed E-state index contributed by atoms with van der Waals surface area (Å²) in [6.45, 7) is 2.29. The van der Waals surface area contributed by atoms with Crippen LogP contribution in [0.3, 0.4) is 0 Å². The third-order valence-electron chi connectivity index (χ3n) is 2.45. The van der Waals surface area contributed by atoms with Crippen molar-refractivity contribution in [2.45, 2.75) is 13.5 Å². The number of carbonyl (C=O) groups excluding carboxylic acids is 1. The largest absolute Gasteiger partial charge is 0.481 e. The lowest BCUT2D eigenvalue weighted by atomic mass is 10.3. The highest BCUT2D eigenvalue weighted by atomic mass is 32.1. The number of amides is 1. The van der Waals surface area contributed by atoms with Crippen LogP contribution in [0, 0.1) is 12.7 Å². The lowest BCUT2D eigenvalue weighted by molar-refractivity contribution is -0.123. The summed E-state index contributed by atoms with van der Waals surface area (Å²) in [5.74, 6) is -0.650. The van der Waals surface area contributed by atoms with Gasteiger partial charge in [-0.05, 0) is 31.2 Å². The van der Waals surface area contributed by atoms with Crippen LogP contribution in [0.5, 0.6) is 5.75 Å². The second-order valence-electron chi connectivity index (χ2n) is 4.01. The first-order valence-corrected chi connectivity index (χ1v) is 6.66. The summed E-state index contributed by atoms with van der Waals surface area (Å²) in [4.78, 5) is 13.8. The Morgan fingerprint density at radius 2 is 2.11 bits per heavy atom. The molecular formula is C14H14FNO2S. The van der Waals surface area contributed by atoms with E-state index in [-0.39, 0.29) is 18.3 Å². The summed E-state index contributed by atoms with van der Waals surface area (Å²) in [5, 5.41) is 2.73. The minimum Gasteiger partial charge on any atom is -0.481 e. The predicted octanol–water partition coefficient (Wildman–Crippen LogP) is 2.89. The smallest absolute Gasteiger partial charge is 0.258 e. The zero-order valence-electron chi connectivity index (χ0n) is 10.5. The summed E-state index contributed by atoms with van der Waals surface area (Å²) < 4.78 is 18.3. The Morgan fingerprint density at radius 3 is 2.79 bits per heavy atom. The van der Waals surface area contributed by atoms with Crippen molar-refractivity contribution >= 4 is 17.2 Å². The molecule has 0 unspecified atom stereocenters. The van der Waals surface area contributed by atoms with Gasteiger partial charge in [0.2, 0.25) is 0 Å². The van der Waals surface area contributed by atoms with Gasteiger partial charge in [-0.2, -0.15) is 0 Å². The molecule has 0 saturated carbocycles. The summed E-state index contributed by atoms with van der Waals surface area (Å²) in [5.41, 5.74) is 0. The Morgan fingerprint density at radius 1 is 1.32 bits per heavy atom. The topological polar surface area (TPSA) is 38.3 Å². The van der Waals surface area contributed by atoms with Gasteiger partial charge in [-0.25, -0.2) is 4.39 Å². The average Bonchev–Trinajstić information content (AvgIpc) is 2.81. The van der Waals surface area contributed by atoms with Crippen LogP contribution < -0.4 is 10.1 Å². The van der Waals surface area contributed by atoms with Crippen LogP contribution in [-0.4, -0.2) is 12.5 Å². The molecule has 0 spiro atoms. The van der Waals surface area contributed by atoms with E-state index >= 15 is 0 Å². The SMILES string of the molecule is Cc1ccc(CNC(=O)COc2ccccc2F)s1. The van der Waals surface area contributed by atoms with Gasteiger partial charge in [-0.15, -0.1) is 11.3 Å². The Hall–Kier alpha value is -1.88. The van der Waals surface area contributed by atoms with Gasteiger partial charge in [-0.3, -0.25) is 4.79 Å². The van der Waals surface area contributed by atoms with Crippen molar-refractivity contribution in [3.05, 3.63) is 52.0 Å². The zero-order chi connectivity index (χ0) is 13.7. The van der Waals surface area contributed by atoms with Gasteiger partial charge in [0.05, 0.1) is 6.54 Å². The molecule has 0 atom stereocenters. The molecule has 1 amide bonds. The van der Waals surface area contributed by atoms with E-state index in [1.807, 2.05) is 19.1 Å². The van der Waals surface area contributed by atoms with Gasteiger partial charge >= 0.3 is 0 Å². The minimum absolute atomic E-state index is 0.0876. The summed E-state index contributed by atoms with van der Waals surface area (Å²) in [6, 6.07) is 9.99. The highest BCUT2D eigenvalue weighted by Gasteiger charge is 2.06. The zero-order valence-corrected chi connectivity index (χ0v) is 11.3. The molecule has 0 radical (unpaired) electrons. The number of carbonyl (C=O) groups is 1. The number of para-hydroxylation sites is 1. The van der Waals surface area contributed by atoms with Crippen LogP contribution in [0.2, 0.25) is 0 Å². The second-order valence-corrected chi connectivity index (χ2v) is 5.38. The molecule has 1 aromatic carbocycles. The van der Waals surface area contributed by atoms with Crippen molar-refractivity contribution in [3.8, 4) is 5.75 Å². The van der Waals surface area contributed by atoms with Crippen LogP contribution in [0.4, 0.5) is 4.39 Å². The highest BCUT2D eigenvalue weighted by Crippen LogP contribution is 2.15. The molecule has 0 saturated heterocycles. The molecule has 2 rings (SSSR count). The van der Waals surface area contributed by atoms with Gasteiger partial charge in [0.25, 0.3) is 5.91 Å². The number of benzene rings is 1. The molecule has 19 heavy (non-hydrogen) atoms. The Kier molecular flexibility index (Phi) is 4.52. The predicted molar refractivity (Wildman–Crippen MR) is 72.8 cm³/mol. The van der Waals surface area contributed by atoms with Crippen molar-refractivity contribution < 1.29 is 13.9 Å². The molecule has 5 heteroatoms. The number of thiophene rings is 1. The number of hydrogen-bond acceptors (Lipinski definition) is 3. The molecule has 0 aliphatic rings. The quantitative estimate of drug-likeness (QED) is 0.914. The third-order valence-corrected chi connectivity index (χ3v) is 3.45. The molecule has 1 heterocycles. The fourth-order valence-electron chi connectivity index (χ4n) is 1.52. The molecule has 0 aliphatic carbocycles. The Labute approximate surface area is 115 Å². The minimum atomic E-state index is -0.468. The molecule has 0 bridgehead atoms. The molecule has 0 aliphatic heterocycles. The highest BCUT2D eigenvalue weighted by molar-refractivity contribution is 7.11. The molecule has 1 N–H and O–H groups in total. The number of aryl methyl sites for hydroxylation is 1. The molecule has 3 nitrogen and oxygen atoms in total. The first-order chi connectivity index (χ1) is 9.15. The monoisotopic (exact) mass is 279 g/mol. The number of hydrogen-bond donors (Lipinski definition) is 1. The van der Waals surface area contributed by atoms with Crippen molar-refractivity contribution in [2.75, 3.05) is 6.61 Å². The fourth-order valence-corrected chi connectivity index (χ4v) is 2.35. The molecule has 2 aromatic rings. The van der Waals surface area contributed by atoms with E-state index in [0.29, 0.717) is 6.54 Å². The summed E-state index contributed by atoms with van der Waals surface area (Å²) in [7, 11) is 0. The van der Waals surface area contributed by atoms with Crippen molar-refractivity contribution in [1.29, 1.82) is 0 Å². The summed E-state index contributed by atoms with van der Waals surface area (Å²) in [6.07, 6.45) is 0. The number of rotatable bonds is 5. The Balaban J connectivity index is 1.77. The van der Waals surface area contributed by atoms with Gasteiger partial charge < -0.3 is 10.1 Å². The van der Waals surface area contributed by atoms with Gasteiger partial charge in [0, 0.05) is 9.75 Å². The van der Waals surface area contributed by atoms with E-state index in [9.17, 15) is 9.18 Å². The number of nitrogens with one attached hydrogen (secondary N) is 1. The number of halogens is 1. The number of ether oxygens (including phenoxy) is 1. The third kappa shape index (κ3) is 4.06. The second kappa shape index (κ2) is 6.33. The van der Waals surface area contributed by atoms with Crippen LogP contribution in [-0.2, 0) is 11.3 Å². The van der Waals surface area contributed by atoms with E-state index in [1.165, 1.54) is 17.0 Å². The lowest BCUT2D eigenvalue weighted by Gasteiger charge is -2.07. The maximum absolute atomic E-state index is 13.2. The van der Waals surface area contributed by atoms with E-state index in [1.54, 1.807) is 23.5 Å². The van der Waals surface area contributed by atoms with Crippen LogP contribution in [0.1, 0.15) is 9.75 Å². The summed E-state index contributed by atoms with van der Waals surface area (Å²) >= 11 is 1.63. The maximum Gasteiger partial charge on any atom is 0.258 e. The van der Waals surface area contributed by atoms with E-state index in [4.69, 9.17) is 4.74 Å².